The predicted molar refractivity (Wildman–Crippen MR) is 64.2 cm³/mol. The fourth-order valence-electron chi connectivity index (χ4n) is 1.08. The van der Waals surface area contributed by atoms with Crippen LogP contribution < -0.4 is 4.72 Å². The smallest absolute Gasteiger partial charge is 0.274 e. The molecule has 0 saturated heterocycles. The Labute approximate surface area is 101 Å². The predicted octanol–water partition coefficient (Wildman–Crippen LogP) is 2.00. The first-order chi connectivity index (χ1) is 7.35. The quantitative estimate of drug-likeness (QED) is 0.523. The van der Waals surface area contributed by atoms with E-state index in [1.165, 1.54) is 18.2 Å². The average molecular weight is 309 g/mol. The zero-order valence-electron chi connectivity index (χ0n) is 8.31. The van der Waals surface area contributed by atoms with Crippen LogP contribution in [-0.4, -0.2) is 18.0 Å². The Morgan fingerprint density at radius 2 is 2.12 bits per heavy atom. The topological polar surface area (TPSA) is 89.3 Å². The monoisotopic (exact) mass is 308 g/mol. The number of anilines is 1. The summed E-state index contributed by atoms with van der Waals surface area (Å²) in [5, 5.41) is 10.6. The molecule has 16 heavy (non-hydrogen) atoms. The lowest BCUT2D eigenvalue weighted by atomic mass is 10.2. The highest BCUT2D eigenvalue weighted by Gasteiger charge is 2.14. The summed E-state index contributed by atoms with van der Waals surface area (Å²) in [7, 11) is -3.48. The molecule has 0 heterocycles. The number of alkyl halides is 1. The molecule has 1 aromatic rings. The molecule has 1 aromatic carbocycles. The molecule has 0 fully saturated rings. The molecule has 0 spiro atoms. The fraction of sp³-hybridized carbons (Fsp3) is 0.250. The molecule has 6 nitrogen and oxygen atoms in total. The van der Waals surface area contributed by atoms with Crippen LogP contribution in [0.2, 0.25) is 0 Å². The minimum atomic E-state index is -3.48. The standard InChI is InChI=1S/C8H9BrN2O4S/c1-6-2-3-7(4-8(6)11(12)13)10-16(14,15)5-9/h2-4,10H,5H2,1H3. The van der Waals surface area contributed by atoms with E-state index in [0.29, 0.717) is 5.56 Å². The number of nitro groups is 1. The summed E-state index contributed by atoms with van der Waals surface area (Å²) >= 11 is 2.81. The zero-order valence-corrected chi connectivity index (χ0v) is 10.7. The minimum absolute atomic E-state index is 0.116. The molecule has 88 valence electrons. The van der Waals surface area contributed by atoms with E-state index in [0.717, 1.165) is 0 Å². The Morgan fingerprint density at radius 3 is 2.62 bits per heavy atom. The average Bonchev–Trinajstić information content (AvgIpc) is 2.20. The van der Waals surface area contributed by atoms with Crippen LogP contribution in [0.15, 0.2) is 18.2 Å². The third kappa shape index (κ3) is 3.17. The Bertz CT molecular complexity index is 515. The highest BCUT2D eigenvalue weighted by atomic mass is 79.9. The first-order valence-electron chi connectivity index (χ1n) is 4.17. The van der Waals surface area contributed by atoms with Gasteiger partial charge < -0.3 is 0 Å². The van der Waals surface area contributed by atoms with Crippen molar-refractivity contribution >= 4 is 37.3 Å². The number of hydrogen-bond donors (Lipinski definition) is 1. The molecule has 0 bridgehead atoms. The van der Waals surface area contributed by atoms with Crippen molar-refractivity contribution in [3.8, 4) is 0 Å². The number of benzene rings is 1. The summed E-state index contributed by atoms with van der Waals surface area (Å²) in [6.45, 7) is 1.58. The molecular weight excluding hydrogens is 300 g/mol. The summed E-state index contributed by atoms with van der Waals surface area (Å²) < 4.78 is 24.4. The van der Waals surface area contributed by atoms with Crippen LogP contribution in [-0.2, 0) is 10.0 Å². The van der Waals surface area contributed by atoms with Crippen molar-refractivity contribution in [3.63, 3.8) is 0 Å². The second-order valence-electron chi connectivity index (χ2n) is 3.08. The number of hydrogen-bond acceptors (Lipinski definition) is 4. The second kappa shape index (κ2) is 4.79. The molecule has 0 saturated carbocycles. The SMILES string of the molecule is Cc1ccc(NS(=O)(=O)CBr)cc1[N+](=O)[O-]. The molecule has 0 aliphatic rings. The largest absolute Gasteiger partial charge is 0.283 e. The van der Waals surface area contributed by atoms with Crippen LogP contribution in [0.5, 0.6) is 0 Å². The number of nitrogens with zero attached hydrogens (tertiary/aromatic N) is 1. The maximum Gasteiger partial charge on any atom is 0.274 e. The van der Waals surface area contributed by atoms with Crippen LogP contribution in [0.1, 0.15) is 5.56 Å². The molecular formula is C8H9BrN2O4S. The minimum Gasteiger partial charge on any atom is -0.283 e. The van der Waals surface area contributed by atoms with Crippen molar-refractivity contribution in [1.82, 2.24) is 0 Å². The Hall–Kier alpha value is -1.15. The van der Waals surface area contributed by atoms with Gasteiger partial charge in [-0.3, -0.25) is 14.8 Å². The van der Waals surface area contributed by atoms with Crippen LogP contribution in [0, 0.1) is 17.0 Å². The lowest BCUT2D eigenvalue weighted by Gasteiger charge is -2.05. The Morgan fingerprint density at radius 1 is 1.50 bits per heavy atom. The maximum atomic E-state index is 11.2. The third-order valence-corrected chi connectivity index (χ3v) is 4.47. The van der Waals surface area contributed by atoms with Crippen molar-refractivity contribution in [2.45, 2.75) is 6.92 Å². The van der Waals surface area contributed by atoms with Gasteiger partial charge in [-0.05, 0) is 13.0 Å². The van der Waals surface area contributed by atoms with Crippen molar-refractivity contribution in [3.05, 3.63) is 33.9 Å². The molecule has 8 heteroatoms. The van der Waals surface area contributed by atoms with Gasteiger partial charge in [-0.2, -0.15) is 0 Å². The van der Waals surface area contributed by atoms with Gasteiger partial charge in [0.05, 0.1) is 10.6 Å². The zero-order chi connectivity index (χ0) is 12.3. The van der Waals surface area contributed by atoms with Crippen molar-refractivity contribution in [2.24, 2.45) is 0 Å². The lowest BCUT2D eigenvalue weighted by molar-refractivity contribution is -0.385. The maximum absolute atomic E-state index is 11.2. The molecule has 1 N–H and O–H groups in total. The normalized spacial score (nSPS) is 11.1. The Balaban J connectivity index is 3.09. The van der Waals surface area contributed by atoms with Gasteiger partial charge in [-0.15, -0.1) is 0 Å². The number of nitrogens with one attached hydrogen (secondary N) is 1. The van der Waals surface area contributed by atoms with E-state index in [9.17, 15) is 18.5 Å². The van der Waals surface area contributed by atoms with E-state index in [2.05, 4.69) is 20.7 Å². The molecule has 0 aliphatic carbocycles. The van der Waals surface area contributed by atoms with Gasteiger partial charge in [0, 0.05) is 11.6 Å². The number of rotatable bonds is 4. The Kier molecular flexibility index (Phi) is 3.87. The number of nitro benzene ring substituents is 1. The van der Waals surface area contributed by atoms with E-state index in [-0.39, 0.29) is 16.0 Å². The summed E-state index contributed by atoms with van der Waals surface area (Å²) in [6, 6.07) is 4.16. The van der Waals surface area contributed by atoms with E-state index in [1.807, 2.05) is 0 Å². The van der Waals surface area contributed by atoms with Crippen molar-refractivity contribution < 1.29 is 13.3 Å². The van der Waals surface area contributed by atoms with E-state index in [1.54, 1.807) is 6.92 Å². The fourth-order valence-corrected chi connectivity index (χ4v) is 1.96. The first-order valence-corrected chi connectivity index (χ1v) is 6.94. The highest BCUT2D eigenvalue weighted by Crippen LogP contribution is 2.23. The third-order valence-electron chi connectivity index (χ3n) is 1.82. The van der Waals surface area contributed by atoms with Gasteiger partial charge in [0.15, 0.2) is 0 Å². The molecule has 0 unspecified atom stereocenters. The second-order valence-corrected chi connectivity index (χ2v) is 6.11. The van der Waals surface area contributed by atoms with Crippen molar-refractivity contribution in [2.75, 3.05) is 9.38 Å². The number of aryl methyl sites for hydroxylation is 1. The van der Waals surface area contributed by atoms with Crippen LogP contribution in [0.4, 0.5) is 11.4 Å². The molecule has 0 radical (unpaired) electrons. The molecule has 0 amide bonds. The van der Waals surface area contributed by atoms with Crippen LogP contribution in [0.3, 0.4) is 0 Å². The van der Waals surface area contributed by atoms with Crippen LogP contribution in [0.25, 0.3) is 0 Å². The van der Waals surface area contributed by atoms with Crippen molar-refractivity contribution in [1.29, 1.82) is 0 Å². The molecule has 0 atom stereocenters. The van der Waals surface area contributed by atoms with E-state index >= 15 is 0 Å². The highest BCUT2D eigenvalue weighted by molar-refractivity contribution is 9.10. The van der Waals surface area contributed by atoms with Gasteiger partial charge in [-0.1, -0.05) is 22.0 Å². The first kappa shape index (κ1) is 12.9. The van der Waals surface area contributed by atoms with E-state index in [4.69, 9.17) is 0 Å². The number of halogens is 1. The molecule has 0 aromatic heterocycles. The van der Waals surface area contributed by atoms with Gasteiger partial charge >= 0.3 is 0 Å². The van der Waals surface area contributed by atoms with Gasteiger partial charge in [0.25, 0.3) is 5.69 Å². The van der Waals surface area contributed by atoms with E-state index < -0.39 is 14.9 Å². The summed E-state index contributed by atoms with van der Waals surface area (Å²) in [4.78, 5) is 10.1. The summed E-state index contributed by atoms with van der Waals surface area (Å²) in [6.07, 6.45) is 0. The molecule has 0 aliphatic heterocycles. The molecule has 1 rings (SSSR count). The lowest BCUT2D eigenvalue weighted by Crippen LogP contribution is -2.13. The van der Waals surface area contributed by atoms with Gasteiger partial charge in [-0.25, -0.2) is 8.42 Å². The van der Waals surface area contributed by atoms with Gasteiger partial charge in [0.2, 0.25) is 10.0 Å². The number of sulfonamides is 1. The summed E-state index contributed by atoms with van der Waals surface area (Å²) in [5.41, 5.74) is 0.540. The van der Waals surface area contributed by atoms with Crippen LogP contribution >= 0.6 is 15.9 Å². The van der Waals surface area contributed by atoms with Gasteiger partial charge in [0.1, 0.15) is 4.66 Å². The summed E-state index contributed by atoms with van der Waals surface area (Å²) in [5.74, 6) is 0.